The molecule has 82 valence electrons. The van der Waals surface area contributed by atoms with Gasteiger partial charge >= 0.3 is 0 Å². The minimum Gasteiger partial charge on any atom is -0.496 e. The van der Waals surface area contributed by atoms with Gasteiger partial charge in [-0.05, 0) is 43.0 Å². The first kappa shape index (κ1) is 11.8. The van der Waals surface area contributed by atoms with Crippen molar-refractivity contribution in [1.29, 1.82) is 0 Å². The summed E-state index contributed by atoms with van der Waals surface area (Å²) >= 11 is 0. The highest BCUT2D eigenvalue weighted by Gasteiger charge is 2.07. The molecule has 0 fully saturated rings. The molecule has 0 amide bonds. The van der Waals surface area contributed by atoms with Gasteiger partial charge in [0.25, 0.3) is 0 Å². The number of hydrogen-bond donors (Lipinski definition) is 0. The van der Waals surface area contributed by atoms with Crippen molar-refractivity contribution in [3.8, 4) is 5.75 Å². The zero-order valence-corrected chi connectivity index (χ0v) is 9.46. The van der Waals surface area contributed by atoms with Crippen molar-refractivity contribution in [2.75, 3.05) is 7.11 Å². The van der Waals surface area contributed by atoms with Crippen LogP contribution in [0, 0.1) is 11.7 Å². The highest BCUT2D eigenvalue weighted by Crippen LogP contribution is 2.22. The van der Waals surface area contributed by atoms with Crippen LogP contribution in [0.25, 0.3) is 0 Å². The number of methoxy groups -OCH3 is 1. The molecule has 0 aliphatic carbocycles. The second-order valence-corrected chi connectivity index (χ2v) is 3.66. The lowest BCUT2D eigenvalue weighted by Crippen LogP contribution is -1.99. The van der Waals surface area contributed by atoms with Crippen LogP contribution in [0.4, 0.5) is 4.39 Å². The Morgan fingerprint density at radius 1 is 1.47 bits per heavy atom. The van der Waals surface area contributed by atoms with E-state index in [1.165, 1.54) is 6.07 Å². The third-order valence-electron chi connectivity index (χ3n) is 2.31. The highest BCUT2D eigenvalue weighted by molar-refractivity contribution is 5.34. The van der Waals surface area contributed by atoms with E-state index >= 15 is 0 Å². The summed E-state index contributed by atoms with van der Waals surface area (Å²) < 4.78 is 18.2. The molecule has 2 heteroatoms. The normalized spacial score (nSPS) is 13.1. The van der Waals surface area contributed by atoms with Crippen LogP contribution in [0.3, 0.4) is 0 Å². The molecule has 1 unspecified atom stereocenters. The largest absolute Gasteiger partial charge is 0.496 e. The third kappa shape index (κ3) is 3.39. The van der Waals surface area contributed by atoms with Crippen molar-refractivity contribution in [1.82, 2.24) is 0 Å². The Morgan fingerprint density at radius 2 is 2.20 bits per heavy atom. The Balaban J connectivity index is 2.86. The molecule has 0 saturated carbocycles. The van der Waals surface area contributed by atoms with Gasteiger partial charge in [0.1, 0.15) is 11.6 Å². The van der Waals surface area contributed by atoms with Crippen LogP contribution >= 0.6 is 0 Å². The molecule has 0 heterocycles. The SMILES string of the molecule is C/C=C\C(C)Cc1cc(F)ccc1OC. The van der Waals surface area contributed by atoms with E-state index in [9.17, 15) is 4.39 Å². The van der Waals surface area contributed by atoms with Crippen LogP contribution in [0.2, 0.25) is 0 Å². The predicted octanol–water partition coefficient (Wildman–Crippen LogP) is 3.59. The lowest BCUT2D eigenvalue weighted by Gasteiger charge is -2.11. The molecule has 0 aromatic heterocycles. The van der Waals surface area contributed by atoms with Gasteiger partial charge in [0.2, 0.25) is 0 Å². The van der Waals surface area contributed by atoms with Gasteiger partial charge in [-0.2, -0.15) is 0 Å². The minimum absolute atomic E-state index is 0.210. The Hall–Kier alpha value is -1.31. The zero-order valence-electron chi connectivity index (χ0n) is 9.46. The van der Waals surface area contributed by atoms with Gasteiger partial charge in [0, 0.05) is 0 Å². The quantitative estimate of drug-likeness (QED) is 0.687. The molecule has 1 rings (SSSR count). The average molecular weight is 208 g/mol. The fraction of sp³-hybridized carbons (Fsp3) is 0.385. The Kier molecular flexibility index (Phi) is 4.35. The van der Waals surface area contributed by atoms with Crippen LogP contribution < -0.4 is 4.74 Å². The molecule has 1 aromatic rings. The van der Waals surface area contributed by atoms with Crippen LogP contribution in [-0.4, -0.2) is 7.11 Å². The van der Waals surface area contributed by atoms with Gasteiger partial charge in [-0.1, -0.05) is 19.1 Å². The number of hydrogen-bond acceptors (Lipinski definition) is 1. The van der Waals surface area contributed by atoms with Crippen LogP contribution in [0.1, 0.15) is 19.4 Å². The number of ether oxygens (including phenoxy) is 1. The third-order valence-corrected chi connectivity index (χ3v) is 2.31. The van der Waals surface area contributed by atoms with E-state index in [4.69, 9.17) is 4.74 Å². The van der Waals surface area contributed by atoms with Gasteiger partial charge in [0.05, 0.1) is 7.11 Å². The van der Waals surface area contributed by atoms with E-state index in [0.717, 1.165) is 17.7 Å². The second kappa shape index (κ2) is 5.54. The molecule has 0 saturated heterocycles. The molecular weight excluding hydrogens is 191 g/mol. The maximum atomic E-state index is 13.0. The van der Waals surface area contributed by atoms with Gasteiger partial charge in [-0.25, -0.2) is 4.39 Å². The number of benzene rings is 1. The van der Waals surface area contributed by atoms with Crippen LogP contribution in [0.5, 0.6) is 5.75 Å². The maximum Gasteiger partial charge on any atom is 0.123 e. The monoisotopic (exact) mass is 208 g/mol. The van der Waals surface area contributed by atoms with Crippen molar-refractivity contribution < 1.29 is 9.13 Å². The van der Waals surface area contributed by atoms with Gasteiger partial charge in [-0.15, -0.1) is 0 Å². The fourth-order valence-corrected chi connectivity index (χ4v) is 1.65. The molecule has 1 atom stereocenters. The lowest BCUT2D eigenvalue weighted by molar-refractivity contribution is 0.406. The predicted molar refractivity (Wildman–Crippen MR) is 60.6 cm³/mol. The van der Waals surface area contributed by atoms with E-state index in [1.807, 2.05) is 13.0 Å². The molecule has 0 bridgehead atoms. The first-order chi connectivity index (χ1) is 7.17. The average Bonchev–Trinajstić information content (AvgIpc) is 2.18. The molecule has 0 aliphatic heterocycles. The van der Waals surface area contributed by atoms with E-state index in [2.05, 4.69) is 13.0 Å². The van der Waals surface area contributed by atoms with Crippen molar-refractivity contribution in [2.45, 2.75) is 20.3 Å². The fourth-order valence-electron chi connectivity index (χ4n) is 1.65. The van der Waals surface area contributed by atoms with Gasteiger partial charge in [-0.3, -0.25) is 0 Å². The van der Waals surface area contributed by atoms with E-state index in [-0.39, 0.29) is 5.82 Å². The smallest absolute Gasteiger partial charge is 0.123 e. The Labute approximate surface area is 90.6 Å². The van der Waals surface area contributed by atoms with Crippen LogP contribution in [-0.2, 0) is 6.42 Å². The molecule has 0 radical (unpaired) electrons. The molecule has 15 heavy (non-hydrogen) atoms. The van der Waals surface area contributed by atoms with E-state index in [0.29, 0.717) is 5.92 Å². The molecule has 0 aliphatic rings. The summed E-state index contributed by atoms with van der Waals surface area (Å²) in [7, 11) is 1.61. The van der Waals surface area contributed by atoms with Crippen molar-refractivity contribution in [2.24, 2.45) is 5.92 Å². The standard InChI is InChI=1S/C13H17FO/c1-4-5-10(2)8-11-9-12(14)6-7-13(11)15-3/h4-7,9-10H,8H2,1-3H3/b5-4-. The summed E-state index contributed by atoms with van der Waals surface area (Å²) in [6.45, 7) is 4.09. The maximum absolute atomic E-state index is 13.0. The van der Waals surface area contributed by atoms with Gasteiger partial charge < -0.3 is 4.74 Å². The molecule has 1 aromatic carbocycles. The summed E-state index contributed by atoms with van der Waals surface area (Å²) in [5.41, 5.74) is 0.920. The Morgan fingerprint density at radius 3 is 2.80 bits per heavy atom. The summed E-state index contributed by atoms with van der Waals surface area (Å²) in [5.74, 6) is 0.942. The van der Waals surface area contributed by atoms with Gasteiger partial charge in [0.15, 0.2) is 0 Å². The first-order valence-corrected chi connectivity index (χ1v) is 5.12. The van der Waals surface area contributed by atoms with E-state index < -0.39 is 0 Å². The summed E-state index contributed by atoms with van der Waals surface area (Å²) in [4.78, 5) is 0. The molecular formula is C13H17FO. The van der Waals surface area contributed by atoms with Crippen molar-refractivity contribution >= 4 is 0 Å². The van der Waals surface area contributed by atoms with Crippen molar-refractivity contribution in [3.63, 3.8) is 0 Å². The van der Waals surface area contributed by atoms with Crippen LogP contribution in [0.15, 0.2) is 30.4 Å². The number of allylic oxidation sites excluding steroid dienone is 2. The number of halogens is 1. The molecule has 0 spiro atoms. The summed E-state index contributed by atoms with van der Waals surface area (Å²) in [5, 5.41) is 0. The van der Waals surface area contributed by atoms with Crippen molar-refractivity contribution in [3.05, 3.63) is 41.7 Å². The first-order valence-electron chi connectivity index (χ1n) is 5.12. The molecule has 1 nitrogen and oxygen atoms in total. The second-order valence-electron chi connectivity index (χ2n) is 3.66. The van der Waals surface area contributed by atoms with E-state index in [1.54, 1.807) is 19.2 Å². The highest BCUT2D eigenvalue weighted by atomic mass is 19.1. The molecule has 0 N–H and O–H groups in total. The topological polar surface area (TPSA) is 9.23 Å². The summed E-state index contributed by atoms with van der Waals surface area (Å²) in [6, 6.07) is 4.63. The minimum atomic E-state index is -0.210. The number of rotatable bonds is 4. The lowest BCUT2D eigenvalue weighted by atomic mass is 10.00. The Bertz CT molecular complexity index is 344. The zero-order chi connectivity index (χ0) is 11.3. The summed E-state index contributed by atoms with van der Waals surface area (Å²) in [6.07, 6.45) is 4.91.